The Morgan fingerprint density at radius 2 is 1.82 bits per heavy atom. The molecule has 1 rings (SSSR count). The van der Waals surface area contributed by atoms with Gasteiger partial charge >= 0.3 is 5.97 Å². The van der Waals surface area contributed by atoms with Gasteiger partial charge in [-0.25, -0.2) is 0 Å². The fourth-order valence-corrected chi connectivity index (χ4v) is 3.21. The molecule has 0 spiro atoms. The Hall–Kier alpha value is -2.97. The Balaban J connectivity index is 2.68. The third-order valence-corrected chi connectivity index (χ3v) is 5.03. The van der Waals surface area contributed by atoms with Crippen molar-refractivity contribution in [3.8, 4) is 0 Å². The van der Waals surface area contributed by atoms with Crippen LogP contribution in [0.3, 0.4) is 0 Å². The van der Waals surface area contributed by atoms with Gasteiger partial charge in [0.2, 0.25) is 11.8 Å². The molecule has 0 saturated heterocycles. The highest BCUT2D eigenvalue weighted by molar-refractivity contribution is 5.86. The zero-order chi connectivity index (χ0) is 25.0. The maximum absolute atomic E-state index is 13.0. The Morgan fingerprint density at radius 1 is 1.06 bits per heavy atom. The van der Waals surface area contributed by atoms with Gasteiger partial charge in [-0.05, 0) is 31.2 Å². The molecule has 0 aliphatic carbocycles. The van der Waals surface area contributed by atoms with Crippen molar-refractivity contribution in [2.24, 2.45) is 5.92 Å². The molecule has 34 heavy (non-hydrogen) atoms. The number of hydrogen-bond acceptors (Lipinski definition) is 6. The summed E-state index contributed by atoms with van der Waals surface area (Å²) in [6.45, 7) is 8.06. The Kier molecular flexibility index (Phi) is 15.8. The van der Waals surface area contributed by atoms with Crippen LogP contribution in [0, 0.1) is 5.92 Å². The van der Waals surface area contributed by atoms with Gasteiger partial charge in [0, 0.05) is 19.4 Å². The molecule has 0 heterocycles. The summed E-state index contributed by atoms with van der Waals surface area (Å²) in [4.78, 5) is 37.4. The molecule has 0 fully saturated rings. The van der Waals surface area contributed by atoms with E-state index in [1.165, 1.54) is 0 Å². The van der Waals surface area contributed by atoms with Crippen LogP contribution in [-0.4, -0.2) is 55.9 Å². The summed E-state index contributed by atoms with van der Waals surface area (Å²) >= 11 is 0. The second kappa shape index (κ2) is 18.5. The monoisotopic (exact) mass is 474 g/mol. The molecule has 0 unspecified atom stereocenters. The lowest BCUT2D eigenvalue weighted by atomic mass is 9.98. The summed E-state index contributed by atoms with van der Waals surface area (Å²) < 4.78 is 10.5. The normalized spacial score (nSPS) is 12.3. The number of unbranched alkanes of at least 4 members (excludes halogenated alkanes) is 2. The predicted molar refractivity (Wildman–Crippen MR) is 131 cm³/mol. The molecule has 8 nitrogen and oxygen atoms in total. The summed E-state index contributed by atoms with van der Waals surface area (Å²) in [5.74, 6) is -1.53. The summed E-state index contributed by atoms with van der Waals surface area (Å²) in [6.07, 6.45) is 6.48. The van der Waals surface area contributed by atoms with Crippen molar-refractivity contribution in [2.75, 3.05) is 33.0 Å². The van der Waals surface area contributed by atoms with E-state index < -0.39 is 12.0 Å². The molecular formula is C26H38N2O6. The van der Waals surface area contributed by atoms with Crippen molar-refractivity contribution >= 4 is 17.8 Å². The van der Waals surface area contributed by atoms with Crippen molar-refractivity contribution < 1.29 is 29.0 Å². The van der Waals surface area contributed by atoms with Crippen LogP contribution in [0.25, 0.3) is 0 Å². The summed E-state index contributed by atoms with van der Waals surface area (Å²) in [5.41, 5.74) is 0.804. The minimum atomic E-state index is -0.614. The van der Waals surface area contributed by atoms with Crippen LogP contribution in [0.2, 0.25) is 0 Å². The number of esters is 1. The molecule has 188 valence electrons. The standard InChI is InChI=1S/C26H38N2O6/c1-3-5-6-10-14-25(31)34-20-23(21-12-8-7-9-13-21)28-26(32)22(11-4-2)19-24(30)27-15-17-33-18-16-29/h3-4,7-9,12-13,22-23,29H,1-2,5-6,10-11,14-20H2,(H,27,30)(H,28,32)/t22-,23+/m1/s1. The molecule has 8 heteroatoms. The Labute approximate surface area is 202 Å². The zero-order valence-electron chi connectivity index (χ0n) is 19.9. The van der Waals surface area contributed by atoms with E-state index in [0.29, 0.717) is 12.8 Å². The van der Waals surface area contributed by atoms with Gasteiger partial charge in [0.15, 0.2) is 0 Å². The molecular weight excluding hydrogens is 436 g/mol. The minimum absolute atomic E-state index is 0.00521. The predicted octanol–water partition coefficient (Wildman–Crippen LogP) is 2.84. The number of amides is 2. The van der Waals surface area contributed by atoms with Gasteiger partial charge in [-0.3, -0.25) is 14.4 Å². The van der Waals surface area contributed by atoms with E-state index in [2.05, 4.69) is 23.8 Å². The first kappa shape index (κ1) is 29.1. The van der Waals surface area contributed by atoms with Gasteiger partial charge < -0.3 is 25.2 Å². The number of nitrogens with one attached hydrogen (secondary N) is 2. The molecule has 0 saturated carbocycles. The van der Waals surface area contributed by atoms with Crippen LogP contribution in [0.1, 0.15) is 50.1 Å². The quantitative estimate of drug-likeness (QED) is 0.161. The third kappa shape index (κ3) is 12.9. The largest absolute Gasteiger partial charge is 0.463 e. The van der Waals surface area contributed by atoms with Crippen molar-refractivity contribution in [3.63, 3.8) is 0 Å². The molecule has 1 aromatic rings. The van der Waals surface area contributed by atoms with Gasteiger partial charge in [0.1, 0.15) is 6.61 Å². The van der Waals surface area contributed by atoms with Gasteiger partial charge in [0.05, 0.1) is 31.8 Å². The highest BCUT2D eigenvalue weighted by atomic mass is 16.5. The van der Waals surface area contributed by atoms with Crippen LogP contribution < -0.4 is 10.6 Å². The zero-order valence-corrected chi connectivity index (χ0v) is 19.9. The van der Waals surface area contributed by atoms with Gasteiger partial charge in [-0.15, -0.1) is 13.2 Å². The number of carbonyl (C=O) groups excluding carboxylic acids is 3. The molecule has 0 aliphatic rings. The number of ether oxygens (including phenoxy) is 2. The lowest BCUT2D eigenvalue weighted by molar-refractivity contribution is -0.145. The maximum atomic E-state index is 13.0. The average molecular weight is 475 g/mol. The molecule has 0 aliphatic heterocycles. The molecule has 2 amide bonds. The molecule has 0 radical (unpaired) electrons. The number of benzene rings is 1. The first-order chi connectivity index (χ1) is 16.5. The van der Waals surface area contributed by atoms with E-state index in [4.69, 9.17) is 14.6 Å². The van der Waals surface area contributed by atoms with Gasteiger partial charge in [-0.2, -0.15) is 0 Å². The van der Waals surface area contributed by atoms with Crippen LogP contribution >= 0.6 is 0 Å². The first-order valence-electron chi connectivity index (χ1n) is 11.7. The van der Waals surface area contributed by atoms with Crippen LogP contribution in [-0.2, 0) is 23.9 Å². The molecule has 3 N–H and O–H groups in total. The number of hydrogen-bond donors (Lipinski definition) is 3. The SMILES string of the molecule is C=CCCCCC(=O)OC[C@H](NC(=O)[C@H](CC=C)CC(=O)NCCOCCO)c1ccccc1. The maximum Gasteiger partial charge on any atom is 0.305 e. The second-order valence-corrected chi connectivity index (χ2v) is 7.80. The van der Waals surface area contributed by atoms with Crippen LogP contribution in [0.5, 0.6) is 0 Å². The third-order valence-electron chi connectivity index (χ3n) is 5.03. The van der Waals surface area contributed by atoms with Gasteiger partial charge in [-0.1, -0.05) is 42.5 Å². The van der Waals surface area contributed by atoms with E-state index in [0.717, 1.165) is 24.8 Å². The molecule has 1 aromatic carbocycles. The highest BCUT2D eigenvalue weighted by Crippen LogP contribution is 2.17. The fraction of sp³-hybridized carbons (Fsp3) is 0.500. The highest BCUT2D eigenvalue weighted by Gasteiger charge is 2.24. The smallest absolute Gasteiger partial charge is 0.305 e. The summed E-state index contributed by atoms with van der Waals surface area (Å²) in [5, 5.41) is 14.3. The van der Waals surface area contributed by atoms with E-state index in [1.807, 2.05) is 36.4 Å². The van der Waals surface area contributed by atoms with Crippen molar-refractivity contribution in [1.82, 2.24) is 10.6 Å². The van der Waals surface area contributed by atoms with E-state index in [9.17, 15) is 14.4 Å². The fourth-order valence-electron chi connectivity index (χ4n) is 3.21. The Morgan fingerprint density at radius 3 is 2.50 bits per heavy atom. The van der Waals surface area contributed by atoms with Crippen LogP contribution in [0.15, 0.2) is 55.6 Å². The van der Waals surface area contributed by atoms with E-state index >= 15 is 0 Å². The lowest BCUT2D eigenvalue weighted by Gasteiger charge is -2.22. The van der Waals surface area contributed by atoms with Crippen molar-refractivity contribution in [2.45, 2.75) is 44.6 Å². The average Bonchev–Trinajstić information content (AvgIpc) is 2.84. The minimum Gasteiger partial charge on any atom is -0.463 e. The summed E-state index contributed by atoms with van der Waals surface area (Å²) in [6, 6.07) is 8.73. The van der Waals surface area contributed by atoms with Gasteiger partial charge in [0.25, 0.3) is 0 Å². The number of aliphatic hydroxyl groups excluding tert-OH is 1. The Bertz CT molecular complexity index is 753. The number of allylic oxidation sites excluding steroid dienone is 2. The van der Waals surface area contributed by atoms with Crippen LogP contribution in [0.4, 0.5) is 0 Å². The van der Waals surface area contributed by atoms with Crippen molar-refractivity contribution in [3.05, 3.63) is 61.2 Å². The molecule has 2 atom stereocenters. The van der Waals surface area contributed by atoms with E-state index in [-0.39, 0.29) is 57.2 Å². The topological polar surface area (TPSA) is 114 Å². The lowest BCUT2D eigenvalue weighted by Crippen LogP contribution is -2.39. The molecule has 0 aromatic heterocycles. The number of rotatable bonds is 19. The molecule has 0 bridgehead atoms. The summed E-state index contributed by atoms with van der Waals surface area (Å²) in [7, 11) is 0. The van der Waals surface area contributed by atoms with Crippen molar-refractivity contribution in [1.29, 1.82) is 0 Å². The van der Waals surface area contributed by atoms with E-state index in [1.54, 1.807) is 6.08 Å². The first-order valence-corrected chi connectivity index (χ1v) is 11.7. The number of aliphatic hydroxyl groups is 1. The number of carbonyl (C=O) groups is 3. The second-order valence-electron chi connectivity index (χ2n) is 7.80.